The van der Waals surface area contributed by atoms with E-state index in [0.29, 0.717) is 35.5 Å². The number of aryl methyl sites for hydroxylation is 1. The van der Waals surface area contributed by atoms with Gasteiger partial charge < -0.3 is 15.4 Å². The number of nitrogens with zero attached hydrogens (tertiary/aromatic N) is 2. The molecule has 4 rings (SSSR count). The summed E-state index contributed by atoms with van der Waals surface area (Å²) in [7, 11) is 0. The van der Waals surface area contributed by atoms with Crippen LogP contribution in [0.25, 0.3) is 0 Å². The van der Waals surface area contributed by atoms with Crippen molar-refractivity contribution in [3.63, 3.8) is 0 Å². The fourth-order valence-electron chi connectivity index (χ4n) is 2.77. The predicted molar refractivity (Wildman–Crippen MR) is 108 cm³/mol. The molecule has 1 aromatic carbocycles. The van der Waals surface area contributed by atoms with Gasteiger partial charge in [-0.25, -0.2) is 9.97 Å². The number of rotatable bonds is 7. The molecule has 0 spiro atoms. The number of carbonyl (C=O) groups excluding carboxylic acids is 1. The molecule has 2 aromatic heterocycles. The quantitative estimate of drug-likeness (QED) is 0.638. The second-order valence-electron chi connectivity index (χ2n) is 6.92. The Bertz CT molecular complexity index is 971. The zero-order chi connectivity index (χ0) is 19.3. The molecule has 142 valence electrons. The highest BCUT2D eigenvalue weighted by atomic mass is 16.5. The number of hydrogen-bond donors (Lipinski definition) is 2. The molecule has 1 aliphatic rings. The Morgan fingerprint density at radius 1 is 1.14 bits per heavy atom. The minimum Gasteiger partial charge on any atom is -0.455 e. The van der Waals surface area contributed by atoms with Crippen molar-refractivity contribution in [2.75, 3.05) is 11.9 Å². The van der Waals surface area contributed by atoms with Gasteiger partial charge in [-0.2, -0.15) is 0 Å². The van der Waals surface area contributed by atoms with E-state index >= 15 is 0 Å². The van der Waals surface area contributed by atoms with E-state index in [1.807, 2.05) is 43.3 Å². The summed E-state index contributed by atoms with van der Waals surface area (Å²) in [5, 5.41) is 6.18. The minimum absolute atomic E-state index is 0.206. The number of nitrogens with one attached hydrogen (secondary N) is 2. The smallest absolute Gasteiger partial charge is 0.273 e. The van der Waals surface area contributed by atoms with E-state index in [9.17, 15) is 4.79 Å². The van der Waals surface area contributed by atoms with Gasteiger partial charge in [0.2, 0.25) is 0 Å². The molecule has 0 radical (unpaired) electrons. The van der Waals surface area contributed by atoms with Crippen LogP contribution in [0, 0.1) is 12.8 Å². The molecule has 6 nitrogen and oxygen atoms in total. The molecular formula is C22H22N4O2. The number of pyridine rings is 2. The summed E-state index contributed by atoms with van der Waals surface area (Å²) in [5.74, 6) is 2.06. The van der Waals surface area contributed by atoms with E-state index in [1.54, 1.807) is 24.4 Å². The summed E-state index contributed by atoms with van der Waals surface area (Å²) >= 11 is 0. The van der Waals surface area contributed by atoms with E-state index in [1.165, 1.54) is 12.8 Å². The molecule has 1 saturated carbocycles. The first kappa shape index (κ1) is 18.0. The second-order valence-corrected chi connectivity index (χ2v) is 6.92. The van der Waals surface area contributed by atoms with Gasteiger partial charge in [-0.3, -0.25) is 4.79 Å². The van der Waals surface area contributed by atoms with Gasteiger partial charge in [0.25, 0.3) is 5.91 Å². The number of benzene rings is 1. The standard InChI is InChI=1S/C22H22N4O2/c1-15-7-10-19(21(25-15)22(27)24-14-16-8-9-16)28-18-11-12-23-20(13-18)26-17-5-3-2-4-6-17/h2-7,10-13,16H,8-9,14H2,1H3,(H,23,26)(H,24,27). The molecule has 1 aliphatic carbocycles. The lowest BCUT2D eigenvalue weighted by Crippen LogP contribution is -2.27. The first-order chi connectivity index (χ1) is 13.7. The number of hydrogen-bond acceptors (Lipinski definition) is 5. The highest BCUT2D eigenvalue weighted by molar-refractivity contribution is 5.95. The Morgan fingerprint density at radius 2 is 1.96 bits per heavy atom. The maximum absolute atomic E-state index is 12.6. The van der Waals surface area contributed by atoms with Crippen LogP contribution < -0.4 is 15.4 Å². The molecule has 3 aromatic rings. The molecule has 0 aliphatic heterocycles. The number of carbonyl (C=O) groups is 1. The van der Waals surface area contributed by atoms with Crippen LogP contribution >= 0.6 is 0 Å². The molecule has 6 heteroatoms. The molecule has 0 atom stereocenters. The van der Waals surface area contributed by atoms with E-state index in [0.717, 1.165) is 11.4 Å². The molecule has 0 saturated heterocycles. The molecule has 1 fully saturated rings. The molecule has 0 unspecified atom stereocenters. The Morgan fingerprint density at radius 3 is 2.75 bits per heavy atom. The summed E-state index contributed by atoms with van der Waals surface area (Å²) < 4.78 is 5.98. The highest BCUT2D eigenvalue weighted by Crippen LogP contribution is 2.29. The Balaban J connectivity index is 1.52. The van der Waals surface area contributed by atoms with Gasteiger partial charge in [0.05, 0.1) is 0 Å². The van der Waals surface area contributed by atoms with Crippen molar-refractivity contribution in [3.05, 3.63) is 72.2 Å². The van der Waals surface area contributed by atoms with Gasteiger partial charge in [0.15, 0.2) is 11.4 Å². The summed E-state index contributed by atoms with van der Waals surface area (Å²) in [4.78, 5) is 21.3. The number of para-hydroxylation sites is 1. The van der Waals surface area contributed by atoms with Crippen LogP contribution in [-0.4, -0.2) is 22.4 Å². The number of aromatic nitrogens is 2. The summed E-state index contributed by atoms with van der Waals surface area (Å²) in [6.45, 7) is 2.55. The van der Waals surface area contributed by atoms with Crippen LogP contribution in [-0.2, 0) is 0 Å². The van der Waals surface area contributed by atoms with Crippen LogP contribution in [0.5, 0.6) is 11.5 Å². The fraction of sp³-hybridized carbons (Fsp3) is 0.227. The Kier molecular flexibility index (Phi) is 5.19. The Labute approximate surface area is 164 Å². The van der Waals surface area contributed by atoms with Crippen molar-refractivity contribution in [3.8, 4) is 11.5 Å². The van der Waals surface area contributed by atoms with Crippen LogP contribution in [0.4, 0.5) is 11.5 Å². The van der Waals surface area contributed by atoms with Gasteiger partial charge in [0, 0.05) is 30.2 Å². The number of amides is 1. The van der Waals surface area contributed by atoms with Gasteiger partial charge in [-0.1, -0.05) is 18.2 Å². The normalized spacial score (nSPS) is 13.0. The first-order valence-electron chi connectivity index (χ1n) is 9.39. The minimum atomic E-state index is -0.206. The molecular weight excluding hydrogens is 352 g/mol. The predicted octanol–water partition coefficient (Wildman–Crippen LogP) is 4.46. The number of ether oxygens (including phenoxy) is 1. The third-order valence-electron chi connectivity index (χ3n) is 4.47. The van der Waals surface area contributed by atoms with Crippen molar-refractivity contribution in [1.82, 2.24) is 15.3 Å². The van der Waals surface area contributed by atoms with E-state index in [2.05, 4.69) is 20.6 Å². The van der Waals surface area contributed by atoms with Crippen molar-refractivity contribution in [2.45, 2.75) is 19.8 Å². The molecule has 28 heavy (non-hydrogen) atoms. The zero-order valence-electron chi connectivity index (χ0n) is 15.7. The van der Waals surface area contributed by atoms with Crippen LogP contribution in [0.15, 0.2) is 60.8 Å². The zero-order valence-corrected chi connectivity index (χ0v) is 15.7. The first-order valence-corrected chi connectivity index (χ1v) is 9.39. The maximum atomic E-state index is 12.6. The average Bonchev–Trinajstić information content (AvgIpc) is 3.53. The highest BCUT2D eigenvalue weighted by Gasteiger charge is 2.23. The SMILES string of the molecule is Cc1ccc(Oc2ccnc(Nc3ccccc3)c2)c(C(=O)NCC2CC2)n1. The lowest BCUT2D eigenvalue weighted by Gasteiger charge is -2.12. The van der Waals surface area contributed by atoms with Crippen LogP contribution in [0.1, 0.15) is 29.0 Å². The molecule has 0 bridgehead atoms. The summed E-state index contributed by atoms with van der Waals surface area (Å²) in [6, 6.07) is 16.9. The summed E-state index contributed by atoms with van der Waals surface area (Å²) in [5.41, 5.74) is 2.00. The summed E-state index contributed by atoms with van der Waals surface area (Å²) in [6.07, 6.45) is 4.02. The molecule has 2 heterocycles. The average molecular weight is 374 g/mol. The third-order valence-corrected chi connectivity index (χ3v) is 4.47. The van der Waals surface area contributed by atoms with Crippen molar-refractivity contribution >= 4 is 17.4 Å². The molecule has 1 amide bonds. The Hall–Kier alpha value is -3.41. The number of anilines is 2. The van der Waals surface area contributed by atoms with Gasteiger partial charge in [0.1, 0.15) is 11.6 Å². The topological polar surface area (TPSA) is 76.1 Å². The van der Waals surface area contributed by atoms with Gasteiger partial charge in [-0.15, -0.1) is 0 Å². The monoisotopic (exact) mass is 374 g/mol. The van der Waals surface area contributed by atoms with E-state index in [-0.39, 0.29) is 5.91 Å². The lowest BCUT2D eigenvalue weighted by atomic mass is 10.2. The van der Waals surface area contributed by atoms with Gasteiger partial charge >= 0.3 is 0 Å². The van der Waals surface area contributed by atoms with Crippen molar-refractivity contribution < 1.29 is 9.53 Å². The van der Waals surface area contributed by atoms with Crippen molar-refractivity contribution in [1.29, 1.82) is 0 Å². The largest absolute Gasteiger partial charge is 0.455 e. The lowest BCUT2D eigenvalue weighted by molar-refractivity contribution is 0.0944. The van der Waals surface area contributed by atoms with Gasteiger partial charge in [-0.05, 0) is 56.0 Å². The maximum Gasteiger partial charge on any atom is 0.273 e. The van der Waals surface area contributed by atoms with Crippen molar-refractivity contribution in [2.24, 2.45) is 5.92 Å². The fourth-order valence-corrected chi connectivity index (χ4v) is 2.77. The molecule has 2 N–H and O–H groups in total. The third kappa shape index (κ3) is 4.65. The van der Waals surface area contributed by atoms with Crippen LogP contribution in [0.2, 0.25) is 0 Å². The van der Waals surface area contributed by atoms with E-state index < -0.39 is 0 Å². The van der Waals surface area contributed by atoms with E-state index in [4.69, 9.17) is 4.74 Å². The van der Waals surface area contributed by atoms with Crippen LogP contribution in [0.3, 0.4) is 0 Å². The second kappa shape index (κ2) is 8.08.